The molecule has 0 aliphatic carbocycles. The number of aldehydes is 1. The molecule has 0 amide bonds. The lowest BCUT2D eigenvalue weighted by atomic mass is 10.0. The predicted molar refractivity (Wildman–Crippen MR) is 75.9 cm³/mol. The SMILES string of the molecule is O=Cc1cccc(C(=O)CCc2ccccc2Cl)c1. The molecule has 0 radical (unpaired) electrons. The normalized spacial score (nSPS) is 10.2. The van der Waals surface area contributed by atoms with E-state index in [1.807, 2.05) is 24.3 Å². The Morgan fingerprint density at radius 1 is 1.11 bits per heavy atom. The average Bonchev–Trinajstić information content (AvgIpc) is 2.46. The molecular weight excluding hydrogens is 260 g/mol. The number of ketones is 1. The first-order valence-electron chi connectivity index (χ1n) is 6.02. The third-order valence-electron chi connectivity index (χ3n) is 2.92. The van der Waals surface area contributed by atoms with Gasteiger partial charge in [0.1, 0.15) is 6.29 Å². The van der Waals surface area contributed by atoms with Crippen molar-refractivity contribution < 1.29 is 9.59 Å². The van der Waals surface area contributed by atoms with Gasteiger partial charge in [-0.05, 0) is 24.1 Å². The second kappa shape index (κ2) is 6.30. The standard InChI is InChI=1S/C16H13ClO2/c17-15-7-2-1-5-13(15)8-9-16(19)14-6-3-4-12(10-14)11-18/h1-7,10-11H,8-9H2. The third-order valence-corrected chi connectivity index (χ3v) is 3.29. The van der Waals surface area contributed by atoms with Gasteiger partial charge < -0.3 is 0 Å². The minimum absolute atomic E-state index is 0.0172. The molecule has 3 heteroatoms. The molecule has 0 saturated heterocycles. The smallest absolute Gasteiger partial charge is 0.163 e. The summed E-state index contributed by atoms with van der Waals surface area (Å²) in [6.07, 6.45) is 1.72. The molecule has 96 valence electrons. The van der Waals surface area contributed by atoms with E-state index >= 15 is 0 Å². The highest BCUT2D eigenvalue weighted by Crippen LogP contribution is 2.17. The Kier molecular flexibility index (Phi) is 4.48. The van der Waals surface area contributed by atoms with Gasteiger partial charge in [-0.2, -0.15) is 0 Å². The van der Waals surface area contributed by atoms with Crippen molar-refractivity contribution in [3.63, 3.8) is 0 Å². The van der Waals surface area contributed by atoms with E-state index in [9.17, 15) is 9.59 Å². The zero-order valence-corrected chi connectivity index (χ0v) is 11.1. The molecule has 0 bridgehead atoms. The molecule has 0 spiro atoms. The Labute approximate surface area is 117 Å². The molecule has 19 heavy (non-hydrogen) atoms. The molecule has 0 aliphatic rings. The van der Waals surface area contributed by atoms with E-state index in [-0.39, 0.29) is 5.78 Å². The van der Waals surface area contributed by atoms with Gasteiger partial charge in [-0.15, -0.1) is 0 Å². The van der Waals surface area contributed by atoms with Gasteiger partial charge in [0.05, 0.1) is 0 Å². The zero-order chi connectivity index (χ0) is 13.7. The van der Waals surface area contributed by atoms with E-state index in [1.54, 1.807) is 24.3 Å². The second-order valence-corrected chi connectivity index (χ2v) is 4.67. The lowest BCUT2D eigenvalue weighted by Crippen LogP contribution is -2.02. The lowest BCUT2D eigenvalue weighted by Gasteiger charge is -2.04. The summed E-state index contributed by atoms with van der Waals surface area (Å²) < 4.78 is 0. The minimum Gasteiger partial charge on any atom is -0.298 e. The molecule has 0 aromatic heterocycles. The van der Waals surface area contributed by atoms with Gasteiger partial charge in [-0.25, -0.2) is 0 Å². The summed E-state index contributed by atoms with van der Waals surface area (Å²) >= 11 is 6.04. The van der Waals surface area contributed by atoms with Crippen molar-refractivity contribution in [2.75, 3.05) is 0 Å². The molecule has 2 rings (SSSR count). The van der Waals surface area contributed by atoms with Crippen LogP contribution < -0.4 is 0 Å². The fourth-order valence-electron chi connectivity index (χ4n) is 1.88. The van der Waals surface area contributed by atoms with Gasteiger partial charge in [0.2, 0.25) is 0 Å². The number of carbonyl (C=O) groups is 2. The van der Waals surface area contributed by atoms with Crippen molar-refractivity contribution in [2.45, 2.75) is 12.8 Å². The summed E-state index contributed by atoms with van der Waals surface area (Å²) in [6, 6.07) is 14.2. The van der Waals surface area contributed by atoms with Crippen molar-refractivity contribution in [2.24, 2.45) is 0 Å². The maximum Gasteiger partial charge on any atom is 0.163 e. The summed E-state index contributed by atoms with van der Waals surface area (Å²) in [5.74, 6) is 0.0172. The van der Waals surface area contributed by atoms with Gasteiger partial charge in [0, 0.05) is 22.6 Å². The average molecular weight is 273 g/mol. The van der Waals surface area contributed by atoms with Crippen LogP contribution >= 0.6 is 11.6 Å². The maximum atomic E-state index is 12.0. The Bertz CT molecular complexity index is 605. The van der Waals surface area contributed by atoms with Crippen LogP contribution in [-0.2, 0) is 6.42 Å². The van der Waals surface area contributed by atoms with Crippen LogP contribution in [0.3, 0.4) is 0 Å². The van der Waals surface area contributed by atoms with Crippen molar-refractivity contribution in [3.05, 3.63) is 70.2 Å². The topological polar surface area (TPSA) is 34.1 Å². The van der Waals surface area contributed by atoms with Crippen LogP contribution in [0, 0.1) is 0 Å². The Morgan fingerprint density at radius 3 is 2.63 bits per heavy atom. The molecule has 2 aromatic rings. The number of halogens is 1. The number of benzene rings is 2. The van der Waals surface area contributed by atoms with Gasteiger partial charge in [0.25, 0.3) is 0 Å². The molecule has 0 N–H and O–H groups in total. The first kappa shape index (κ1) is 13.5. The van der Waals surface area contributed by atoms with E-state index in [4.69, 9.17) is 11.6 Å². The van der Waals surface area contributed by atoms with Gasteiger partial charge >= 0.3 is 0 Å². The maximum absolute atomic E-state index is 12.0. The highest BCUT2D eigenvalue weighted by atomic mass is 35.5. The fraction of sp³-hybridized carbons (Fsp3) is 0.125. The Morgan fingerprint density at radius 2 is 1.89 bits per heavy atom. The van der Waals surface area contributed by atoms with Gasteiger partial charge in [-0.3, -0.25) is 9.59 Å². The van der Waals surface area contributed by atoms with E-state index in [2.05, 4.69) is 0 Å². The first-order valence-corrected chi connectivity index (χ1v) is 6.40. The van der Waals surface area contributed by atoms with Crippen LogP contribution in [0.15, 0.2) is 48.5 Å². The number of Topliss-reactive ketones (excluding diaryl/α,β-unsaturated/α-hetero) is 1. The molecule has 0 unspecified atom stereocenters. The molecule has 0 saturated carbocycles. The molecule has 0 atom stereocenters. The summed E-state index contributed by atoms with van der Waals surface area (Å²) in [7, 11) is 0. The summed E-state index contributed by atoms with van der Waals surface area (Å²) in [6.45, 7) is 0. The number of hydrogen-bond acceptors (Lipinski definition) is 2. The zero-order valence-electron chi connectivity index (χ0n) is 10.3. The van der Waals surface area contributed by atoms with Crippen molar-refractivity contribution in [1.29, 1.82) is 0 Å². The number of rotatable bonds is 5. The van der Waals surface area contributed by atoms with Crippen LogP contribution in [-0.4, -0.2) is 12.1 Å². The summed E-state index contributed by atoms with van der Waals surface area (Å²) in [4.78, 5) is 22.7. The molecule has 0 aliphatic heterocycles. The largest absolute Gasteiger partial charge is 0.298 e. The van der Waals surface area contributed by atoms with E-state index in [1.165, 1.54) is 0 Å². The highest BCUT2D eigenvalue weighted by molar-refractivity contribution is 6.31. The van der Waals surface area contributed by atoms with E-state index < -0.39 is 0 Å². The summed E-state index contributed by atoms with van der Waals surface area (Å²) in [5.41, 5.74) is 2.05. The van der Waals surface area contributed by atoms with Crippen LogP contribution in [0.2, 0.25) is 5.02 Å². The number of aryl methyl sites for hydroxylation is 1. The Balaban J connectivity index is 2.05. The van der Waals surface area contributed by atoms with Crippen LogP contribution in [0.5, 0.6) is 0 Å². The number of carbonyl (C=O) groups excluding carboxylic acids is 2. The van der Waals surface area contributed by atoms with Crippen LogP contribution in [0.25, 0.3) is 0 Å². The Hall–Kier alpha value is -1.93. The minimum atomic E-state index is 0.0172. The molecule has 2 nitrogen and oxygen atoms in total. The molecule has 2 aromatic carbocycles. The first-order chi connectivity index (χ1) is 9.20. The van der Waals surface area contributed by atoms with E-state index in [0.29, 0.717) is 29.0 Å². The quantitative estimate of drug-likeness (QED) is 0.610. The van der Waals surface area contributed by atoms with Crippen molar-refractivity contribution in [3.8, 4) is 0 Å². The summed E-state index contributed by atoms with van der Waals surface area (Å²) in [5, 5.41) is 0.678. The molecule has 0 fully saturated rings. The van der Waals surface area contributed by atoms with Crippen LogP contribution in [0.4, 0.5) is 0 Å². The number of hydrogen-bond donors (Lipinski definition) is 0. The molecular formula is C16H13ClO2. The monoisotopic (exact) mass is 272 g/mol. The van der Waals surface area contributed by atoms with Gasteiger partial charge in [0.15, 0.2) is 5.78 Å². The second-order valence-electron chi connectivity index (χ2n) is 4.26. The van der Waals surface area contributed by atoms with Gasteiger partial charge in [-0.1, -0.05) is 48.0 Å². The van der Waals surface area contributed by atoms with Crippen LogP contribution in [0.1, 0.15) is 32.7 Å². The third kappa shape index (κ3) is 3.52. The fourth-order valence-corrected chi connectivity index (χ4v) is 2.11. The van der Waals surface area contributed by atoms with E-state index in [0.717, 1.165) is 11.8 Å². The predicted octanol–water partition coefficient (Wildman–Crippen LogP) is 3.97. The van der Waals surface area contributed by atoms with Crippen molar-refractivity contribution >= 4 is 23.7 Å². The highest BCUT2D eigenvalue weighted by Gasteiger charge is 2.08. The molecule has 0 heterocycles. The van der Waals surface area contributed by atoms with Crippen molar-refractivity contribution in [1.82, 2.24) is 0 Å². The lowest BCUT2D eigenvalue weighted by molar-refractivity contribution is 0.0983.